The lowest BCUT2D eigenvalue weighted by molar-refractivity contribution is -0.141. The molecule has 2 atom stereocenters. The fraction of sp³-hybridized carbons (Fsp3) is 0.559. The molecule has 3 amide bonds. The Morgan fingerprint density at radius 2 is 1.50 bits per heavy atom. The highest BCUT2D eigenvalue weighted by atomic mass is 16.6. The van der Waals surface area contributed by atoms with Gasteiger partial charge in [-0.1, -0.05) is 77.6 Å². The van der Waals surface area contributed by atoms with Crippen molar-refractivity contribution in [1.29, 1.82) is 0 Å². The standard InChI is InChI=1S/C34H51N3O5/c1-9-11-12-13-14-23-37(32(39)29(24(3)4)36-33(40)42-34(5,6)7)30(26-17-15-25(10-2)16-18-26)31(38)35-27-19-21-28(41-8)22-20-27/h15-22,24,29-30H,9-14,23H2,1-8H3,(H,35,38)(H,36,40). The van der Waals surface area contributed by atoms with E-state index in [2.05, 4.69) is 24.5 Å². The topological polar surface area (TPSA) is 97.0 Å². The summed E-state index contributed by atoms with van der Waals surface area (Å²) in [6.45, 7) is 13.7. The summed E-state index contributed by atoms with van der Waals surface area (Å²) in [7, 11) is 1.59. The summed E-state index contributed by atoms with van der Waals surface area (Å²) in [6.07, 6.45) is 5.14. The average Bonchev–Trinajstić information content (AvgIpc) is 2.94. The molecule has 8 nitrogen and oxygen atoms in total. The highest BCUT2D eigenvalue weighted by Crippen LogP contribution is 2.27. The predicted molar refractivity (Wildman–Crippen MR) is 169 cm³/mol. The first kappa shape index (κ1) is 34.7. The third kappa shape index (κ3) is 11.0. The number of rotatable bonds is 15. The minimum atomic E-state index is -0.904. The van der Waals surface area contributed by atoms with E-state index in [4.69, 9.17) is 9.47 Å². The Bertz CT molecular complexity index is 1120. The molecule has 0 aromatic heterocycles. The quantitative estimate of drug-likeness (QED) is 0.215. The first-order chi connectivity index (χ1) is 19.9. The van der Waals surface area contributed by atoms with Crippen molar-refractivity contribution in [1.82, 2.24) is 10.2 Å². The second-order valence-corrected chi connectivity index (χ2v) is 12.0. The van der Waals surface area contributed by atoms with Gasteiger partial charge < -0.3 is 25.0 Å². The lowest BCUT2D eigenvalue weighted by atomic mass is 9.97. The van der Waals surface area contributed by atoms with Crippen LogP contribution in [0.5, 0.6) is 5.75 Å². The van der Waals surface area contributed by atoms with E-state index in [1.54, 1.807) is 57.0 Å². The van der Waals surface area contributed by atoms with Crippen molar-refractivity contribution in [3.8, 4) is 5.75 Å². The van der Waals surface area contributed by atoms with E-state index in [0.717, 1.165) is 44.1 Å². The molecule has 0 saturated carbocycles. The number of hydrogen-bond donors (Lipinski definition) is 2. The number of anilines is 1. The molecule has 2 aromatic rings. The Balaban J connectivity index is 2.51. The van der Waals surface area contributed by atoms with Crippen molar-refractivity contribution in [2.45, 2.75) is 105 Å². The normalized spacial score (nSPS) is 12.8. The number of amides is 3. The second kappa shape index (κ2) is 16.8. The minimum Gasteiger partial charge on any atom is -0.497 e. The highest BCUT2D eigenvalue weighted by molar-refractivity contribution is 5.99. The number of benzene rings is 2. The van der Waals surface area contributed by atoms with Gasteiger partial charge in [-0.05, 0) is 74.9 Å². The molecular formula is C34H51N3O5. The fourth-order valence-electron chi connectivity index (χ4n) is 4.67. The zero-order valence-electron chi connectivity index (χ0n) is 26.8. The van der Waals surface area contributed by atoms with Gasteiger partial charge >= 0.3 is 6.09 Å². The van der Waals surface area contributed by atoms with Crippen LogP contribution in [0.4, 0.5) is 10.5 Å². The number of methoxy groups -OCH3 is 1. The highest BCUT2D eigenvalue weighted by Gasteiger charge is 2.37. The van der Waals surface area contributed by atoms with E-state index < -0.39 is 23.8 Å². The summed E-state index contributed by atoms with van der Waals surface area (Å²) in [5.41, 5.74) is 1.73. The van der Waals surface area contributed by atoms with Gasteiger partial charge in [0.05, 0.1) is 7.11 Å². The van der Waals surface area contributed by atoms with Crippen LogP contribution in [-0.4, -0.2) is 48.1 Å². The van der Waals surface area contributed by atoms with Crippen molar-refractivity contribution in [2.75, 3.05) is 19.0 Å². The summed E-state index contributed by atoms with van der Waals surface area (Å²) in [6, 6.07) is 13.1. The van der Waals surface area contributed by atoms with E-state index in [9.17, 15) is 14.4 Å². The first-order valence-corrected chi connectivity index (χ1v) is 15.2. The van der Waals surface area contributed by atoms with Crippen molar-refractivity contribution >= 4 is 23.6 Å². The van der Waals surface area contributed by atoms with Crippen molar-refractivity contribution in [3.05, 3.63) is 59.7 Å². The van der Waals surface area contributed by atoms with Crippen LogP contribution >= 0.6 is 0 Å². The largest absolute Gasteiger partial charge is 0.497 e. The molecular weight excluding hydrogens is 530 g/mol. The number of alkyl carbamates (subject to hydrolysis) is 1. The van der Waals surface area contributed by atoms with Gasteiger partial charge in [0, 0.05) is 12.2 Å². The van der Waals surface area contributed by atoms with E-state index in [0.29, 0.717) is 23.5 Å². The van der Waals surface area contributed by atoms with Gasteiger partial charge in [0.1, 0.15) is 23.4 Å². The Kier molecular flexibility index (Phi) is 13.8. The number of nitrogens with one attached hydrogen (secondary N) is 2. The number of carbonyl (C=O) groups is 3. The predicted octanol–water partition coefficient (Wildman–Crippen LogP) is 7.29. The zero-order chi connectivity index (χ0) is 31.3. The van der Waals surface area contributed by atoms with Crippen LogP contribution in [0, 0.1) is 5.92 Å². The van der Waals surface area contributed by atoms with Crippen LogP contribution < -0.4 is 15.4 Å². The van der Waals surface area contributed by atoms with Crippen LogP contribution in [0.3, 0.4) is 0 Å². The van der Waals surface area contributed by atoms with Crippen LogP contribution in [0.15, 0.2) is 48.5 Å². The van der Waals surface area contributed by atoms with E-state index in [1.807, 2.05) is 38.1 Å². The molecule has 8 heteroatoms. The molecule has 0 fully saturated rings. The number of aryl methyl sites for hydroxylation is 1. The van der Waals surface area contributed by atoms with E-state index in [-0.39, 0.29) is 17.7 Å². The average molecular weight is 582 g/mol. The third-order valence-electron chi connectivity index (χ3n) is 7.01. The number of unbranched alkanes of at least 4 members (excludes halogenated alkanes) is 4. The Morgan fingerprint density at radius 1 is 0.881 bits per heavy atom. The summed E-state index contributed by atoms with van der Waals surface area (Å²) < 4.78 is 10.7. The Hall–Kier alpha value is -3.55. The minimum absolute atomic E-state index is 0.236. The van der Waals surface area contributed by atoms with Gasteiger partial charge in [-0.3, -0.25) is 9.59 Å². The summed E-state index contributed by atoms with van der Waals surface area (Å²) in [4.78, 5) is 42.8. The summed E-state index contributed by atoms with van der Waals surface area (Å²) in [5, 5.41) is 5.80. The molecule has 0 aliphatic carbocycles. The fourth-order valence-corrected chi connectivity index (χ4v) is 4.67. The first-order valence-electron chi connectivity index (χ1n) is 15.2. The van der Waals surface area contributed by atoms with Gasteiger partial charge in [-0.2, -0.15) is 0 Å². The van der Waals surface area contributed by atoms with Gasteiger partial charge in [0.2, 0.25) is 5.91 Å². The second-order valence-electron chi connectivity index (χ2n) is 12.0. The molecule has 42 heavy (non-hydrogen) atoms. The van der Waals surface area contributed by atoms with Crippen LogP contribution in [-0.2, 0) is 20.7 Å². The SMILES string of the molecule is CCCCCCCN(C(=O)C(NC(=O)OC(C)(C)C)C(C)C)C(C(=O)Nc1ccc(OC)cc1)c1ccc(CC)cc1. The van der Waals surface area contributed by atoms with Gasteiger partial charge in [-0.25, -0.2) is 4.79 Å². The van der Waals surface area contributed by atoms with Crippen LogP contribution in [0.2, 0.25) is 0 Å². The van der Waals surface area contributed by atoms with Crippen molar-refractivity contribution in [2.24, 2.45) is 5.92 Å². The summed E-state index contributed by atoms with van der Waals surface area (Å²) in [5.74, 6) is -0.205. The number of nitrogens with zero attached hydrogens (tertiary/aromatic N) is 1. The van der Waals surface area contributed by atoms with Crippen LogP contribution in [0.25, 0.3) is 0 Å². The van der Waals surface area contributed by atoms with E-state index in [1.165, 1.54) is 0 Å². The monoisotopic (exact) mass is 581 g/mol. The molecule has 0 aliphatic rings. The van der Waals surface area contributed by atoms with Gasteiger partial charge in [0.15, 0.2) is 0 Å². The lowest BCUT2D eigenvalue weighted by Crippen LogP contribution is -2.54. The Labute approximate surface area is 252 Å². The Morgan fingerprint density at radius 3 is 2.02 bits per heavy atom. The number of carbonyl (C=O) groups excluding carboxylic acids is 3. The molecule has 0 spiro atoms. The lowest BCUT2D eigenvalue weighted by Gasteiger charge is -2.35. The third-order valence-corrected chi connectivity index (χ3v) is 7.01. The van der Waals surface area contributed by atoms with Crippen molar-refractivity contribution < 1.29 is 23.9 Å². The molecule has 0 bridgehead atoms. The number of ether oxygens (including phenoxy) is 2. The molecule has 2 N–H and O–H groups in total. The summed E-state index contributed by atoms with van der Waals surface area (Å²) >= 11 is 0. The zero-order valence-corrected chi connectivity index (χ0v) is 26.8. The molecule has 2 unspecified atom stereocenters. The van der Waals surface area contributed by atoms with Crippen molar-refractivity contribution in [3.63, 3.8) is 0 Å². The van der Waals surface area contributed by atoms with Gasteiger partial charge in [-0.15, -0.1) is 0 Å². The molecule has 0 saturated heterocycles. The molecule has 2 rings (SSSR count). The molecule has 0 heterocycles. The molecule has 232 valence electrons. The van der Waals surface area contributed by atoms with Gasteiger partial charge in [0.25, 0.3) is 5.91 Å². The maximum atomic E-state index is 14.3. The molecule has 2 aromatic carbocycles. The maximum Gasteiger partial charge on any atom is 0.408 e. The van der Waals surface area contributed by atoms with E-state index >= 15 is 0 Å². The molecule has 0 radical (unpaired) electrons. The molecule has 0 aliphatic heterocycles. The number of hydrogen-bond acceptors (Lipinski definition) is 5. The van der Waals surface area contributed by atoms with Crippen LogP contribution in [0.1, 0.15) is 97.7 Å². The smallest absolute Gasteiger partial charge is 0.408 e. The maximum absolute atomic E-state index is 14.3.